The number of carbonyl (C=O) groups is 2. The summed E-state index contributed by atoms with van der Waals surface area (Å²) in [5.41, 5.74) is 0.947. The lowest BCUT2D eigenvalue weighted by Gasteiger charge is -2.29. The molecule has 2 aromatic carbocycles. The zero-order valence-electron chi connectivity index (χ0n) is 15.7. The van der Waals surface area contributed by atoms with Crippen molar-refractivity contribution in [2.24, 2.45) is 5.92 Å². The Kier molecular flexibility index (Phi) is 5.44. The Labute approximate surface area is 167 Å². The first-order valence-electron chi connectivity index (χ1n) is 9.51. The third-order valence-corrected chi connectivity index (χ3v) is 5.21. The second-order valence-electron chi connectivity index (χ2n) is 7.11. The molecule has 0 aromatic heterocycles. The summed E-state index contributed by atoms with van der Waals surface area (Å²) >= 11 is 0. The van der Waals surface area contributed by atoms with Crippen molar-refractivity contribution in [3.05, 3.63) is 54.1 Å². The zero-order valence-corrected chi connectivity index (χ0v) is 15.7. The van der Waals surface area contributed by atoms with Crippen molar-refractivity contribution in [1.82, 2.24) is 0 Å². The maximum Gasteiger partial charge on any atom is 0.229 e. The van der Waals surface area contributed by atoms with E-state index in [0.717, 1.165) is 0 Å². The van der Waals surface area contributed by atoms with Crippen LogP contribution in [0.5, 0.6) is 0 Å². The number of benzene rings is 2. The molecule has 2 amide bonds. The van der Waals surface area contributed by atoms with Crippen molar-refractivity contribution >= 4 is 28.9 Å². The number of hydrogen-bond acceptors (Lipinski definition) is 4. The topological polar surface area (TPSA) is 61.9 Å². The molecular weight excluding hydrogens is 380 g/mol. The summed E-state index contributed by atoms with van der Waals surface area (Å²) in [5, 5.41) is 2.67. The van der Waals surface area contributed by atoms with Gasteiger partial charge in [-0.05, 0) is 30.3 Å². The van der Waals surface area contributed by atoms with Crippen LogP contribution >= 0.6 is 0 Å². The summed E-state index contributed by atoms with van der Waals surface area (Å²) in [6, 6.07) is 10.5. The van der Waals surface area contributed by atoms with Gasteiger partial charge in [0.05, 0.1) is 30.5 Å². The Morgan fingerprint density at radius 1 is 1.03 bits per heavy atom. The third-order valence-electron chi connectivity index (χ3n) is 5.21. The van der Waals surface area contributed by atoms with Crippen LogP contribution in [0.4, 0.5) is 25.8 Å². The van der Waals surface area contributed by atoms with Gasteiger partial charge in [0.2, 0.25) is 11.8 Å². The quantitative estimate of drug-likeness (QED) is 0.856. The van der Waals surface area contributed by atoms with Crippen LogP contribution in [0.3, 0.4) is 0 Å². The fourth-order valence-electron chi connectivity index (χ4n) is 3.68. The SMILES string of the molecule is O=C(Nc1ccc(N2CCOCC2)c(F)c1)C1CC(=O)N(c2ccccc2F)C1. The predicted octanol–water partition coefficient (Wildman–Crippen LogP) is 2.79. The molecule has 1 atom stereocenters. The highest BCUT2D eigenvalue weighted by Gasteiger charge is 2.36. The molecule has 0 aliphatic carbocycles. The molecule has 8 heteroatoms. The average Bonchev–Trinajstić information content (AvgIpc) is 3.11. The largest absolute Gasteiger partial charge is 0.378 e. The minimum Gasteiger partial charge on any atom is -0.378 e. The van der Waals surface area contributed by atoms with Crippen LogP contribution in [0.15, 0.2) is 42.5 Å². The molecule has 0 saturated carbocycles. The van der Waals surface area contributed by atoms with Gasteiger partial charge in [-0.25, -0.2) is 8.78 Å². The molecule has 152 valence electrons. The Bertz CT molecular complexity index is 931. The molecule has 2 fully saturated rings. The van der Waals surface area contributed by atoms with E-state index in [0.29, 0.717) is 37.7 Å². The number of amides is 2. The monoisotopic (exact) mass is 401 g/mol. The summed E-state index contributed by atoms with van der Waals surface area (Å²) < 4.78 is 33.8. The van der Waals surface area contributed by atoms with Gasteiger partial charge >= 0.3 is 0 Å². The number of carbonyl (C=O) groups excluding carboxylic acids is 2. The Balaban J connectivity index is 1.42. The molecule has 0 radical (unpaired) electrons. The molecule has 29 heavy (non-hydrogen) atoms. The smallest absolute Gasteiger partial charge is 0.229 e. The van der Waals surface area contributed by atoms with Crippen molar-refractivity contribution in [2.45, 2.75) is 6.42 Å². The van der Waals surface area contributed by atoms with Gasteiger partial charge in [0.15, 0.2) is 0 Å². The van der Waals surface area contributed by atoms with E-state index in [1.165, 1.54) is 23.1 Å². The van der Waals surface area contributed by atoms with Gasteiger partial charge in [0, 0.05) is 31.7 Å². The number of nitrogens with zero attached hydrogens (tertiary/aromatic N) is 2. The molecule has 0 bridgehead atoms. The van der Waals surface area contributed by atoms with Crippen molar-refractivity contribution < 1.29 is 23.1 Å². The van der Waals surface area contributed by atoms with Gasteiger partial charge in [0.25, 0.3) is 0 Å². The molecule has 6 nitrogen and oxygen atoms in total. The van der Waals surface area contributed by atoms with Crippen LogP contribution in [-0.4, -0.2) is 44.7 Å². The van der Waals surface area contributed by atoms with Crippen molar-refractivity contribution in [3.63, 3.8) is 0 Å². The average molecular weight is 401 g/mol. The molecule has 0 spiro atoms. The molecule has 1 N–H and O–H groups in total. The highest BCUT2D eigenvalue weighted by atomic mass is 19.1. The van der Waals surface area contributed by atoms with Crippen LogP contribution in [0, 0.1) is 17.6 Å². The molecule has 2 aliphatic heterocycles. The van der Waals surface area contributed by atoms with Gasteiger partial charge in [0.1, 0.15) is 11.6 Å². The molecule has 4 rings (SSSR count). The van der Waals surface area contributed by atoms with Crippen molar-refractivity contribution in [1.29, 1.82) is 0 Å². The first-order chi connectivity index (χ1) is 14.0. The number of anilines is 3. The standard InChI is InChI=1S/C21H21F2N3O3/c22-16-3-1-2-4-19(16)26-13-14(11-20(26)27)21(28)24-15-5-6-18(17(23)12-15)25-7-9-29-10-8-25/h1-6,12,14H,7-11,13H2,(H,24,28). The first kappa shape index (κ1) is 19.3. The van der Waals surface area contributed by atoms with E-state index in [4.69, 9.17) is 4.74 Å². The normalized spacial score (nSPS) is 19.5. The van der Waals surface area contributed by atoms with Crippen LogP contribution in [0.1, 0.15) is 6.42 Å². The summed E-state index contributed by atoms with van der Waals surface area (Å²) in [5.74, 6) is -2.29. The van der Waals surface area contributed by atoms with Gasteiger partial charge in [-0.2, -0.15) is 0 Å². The maximum atomic E-state index is 14.5. The number of para-hydroxylation sites is 1. The predicted molar refractivity (Wildman–Crippen MR) is 105 cm³/mol. The zero-order chi connectivity index (χ0) is 20.4. The number of morpholine rings is 1. The fourth-order valence-corrected chi connectivity index (χ4v) is 3.68. The number of hydrogen-bond donors (Lipinski definition) is 1. The summed E-state index contributed by atoms with van der Waals surface area (Å²) in [4.78, 5) is 28.0. The van der Waals surface area contributed by atoms with Gasteiger partial charge in [-0.3, -0.25) is 9.59 Å². The lowest BCUT2D eigenvalue weighted by Crippen LogP contribution is -2.36. The van der Waals surface area contributed by atoms with Crippen LogP contribution in [-0.2, 0) is 14.3 Å². The highest BCUT2D eigenvalue weighted by molar-refractivity contribution is 6.03. The third kappa shape index (κ3) is 4.07. The first-order valence-corrected chi connectivity index (χ1v) is 9.51. The van der Waals surface area contributed by atoms with E-state index < -0.39 is 23.5 Å². The summed E-state index contributed by atoms with van der Waals surface area (Å²) in [6.07, 6.45) is -0.0193. The summed E-state index contributed by atoms with van der Waals surface area (Å²) in [6.45, 7) is 2.40. The number of ether oxygens (including phenoxy) is 1. The molecule has 2 saturated heterocycles. The van der Waals surface area contributed by atoms with Gasteiger partial charge in [-0.15, -0.1) is 0 Å². The van der Waals surface area contributed by atoms with Crippen LogP contribution in [0.25, 0.3) is 0 Å². The molecule has 2 aromatic rings. The lowest BCUT2D eigenvalue weighted by atomic mass is 10.1. The molecule has 2 heterocycles. The minimum atomic E-state index is -0.635. The Morgan fingerprint density at radius 2 is 1.79 bits per heavy atom. The number of rotatable bonds is 4. The van der Waals surface area contributed by atoms with Crippen molar-refractivity contribution in [3.8, 4) is 0 Å². The van der Waals surface area contributed by atoms with Gasteiger partial charge in [-0.1, -0.05) is 12.1 Å². The van der Waals surface area contributed by atoms with Crippen LogP contribution in [0.2, 0.25) is 0 Å². The number of nitrogens with one attached hydrogen (secondary N) is 1. The second kappa shape index (κ2) is 8.16. The highest BCUT2D eigenvalue weighted by Crippen LogP contribution is 2.29. The molecule has 1 unspecified atom stereocenters. The second-order valence-corrected chi connectivity index (χ2v) is 7.11. The van der Waals surface area contributed by atoms with E-state index in [9.17, 15) is 18.4 Å². The van der Waals surface area contributed by atoms with E-state index in [-0.39, 0.29) is 24.6 Å². The maximum absolute atomic E-state index is 14.5. The van der Waals surface area contributed by atoms with E-state index in [1.54, 1.807) is 24.3 Å². The van der Waals surface area contributed by atoms with E-state index in [1.807, 2.05) is 4.90 Å². The lowest BCUT2D eigenvalue weighted by molar-refractivity contribution is -0.122. The molecular formula is C21H21F2N3O3. The fraction of sp³-hybridized carbons (Fsp3) is 0.333. The summed E-state index contributed by atoms with van der Waals surface area (Å²) in [7, 11) is 0. The van der Waals surface area contributed by atoms with Crippen LogP contribution < -0.4 is 15.1 Å². The molecule has 2 aliphatic rings. The minimum absolute atomic E-state index is 0.0193. The van der Waals surface area contributed by atoms with Gasteiger partial charge < -0.3 is 19.9 Å². The van der Waals surface area contributed by atoms with E-state index in [2.05, 4.69) is 5.32 Å². The van der Waals surface area contributed by atoms with Crippen molar-refractivity contribution in [2.75, 3.05) is 48.0 Å². The Morgan fingerprint density at radius 3 is 2.52 bits per heavy atom. The van der Waals surface area contributed by atoms with E-state index >= 15 is 0 Å². The number of halogens is 2. The Hall–Kier alpha value is -3.00.